The maximum absolute atomic E-state index is 15.0. The highest BCUT2D eigenvalue weighted by Gasteiger charge is 2.25. The SMILES string of the molecule is COc1nc2nc(C)nc(N[C@H](C)c3cccc(C(C)F)c3F)c2cc1C1CCS(=N)CC1. The van der Waals surface area contributed by atoms with E-state index >= 15 is 0 Å². The Morgan fingerprint density at radius 2 is 1.85 bits per heavy atom. The van der Waals surface area contributed by atoms with Crippen LogP contribution in [0.2, 0.25) is 0 Å². The van der Waals surface area contributed by atoms with E-state index in [9.17, 15) is 8.78 Å². The molecule has 1 aliphatic heterocycles. The van der Waals surface area contributed by atoms with Gasteiger partial charge in [-0.3, -0.25) is 4.78 Å². The Morgan fingerprint density at radius 1 is 1.15 bits per heavy atom. The summed E-state index contributed by atoms with van der Waals surface area (Å²) in [5.74, 6) is 3.10. The summed E-state index contributed by atoms with van der Waals surface area (Å²) in [4.78, 5) is 13.7. The summed E-state index contributed by atoms with van der Waals surface area (Å²) in [5.41, 5.74) is 1.91. The smallest absolute Gasteiger partial charge is 0.218 e. The van der Waals surface area contributed by atoms with Gasteiger partial charge in [0.2, 0.25) is 5.88 Å². The molecule has 9 heteroatoms. The number of nitrogens with zero attached hydrogens (tertiary/aromatic N) is 3. The molecule has 33 heavy (non-hydrogen) atoms. The van der Waals surface area contributed by atoms with Crippen LogP contribution in [0.15, 0.2) is 24.3 Å². The first kappa shape index (κ1) is 23.5. The lowest BCUT2D eigenvalue weighted by Gasteiger charge is -2.25. The third kappa shape index (κ3) is 4.83. The third-order valence-corrected chi connectivity index (χ3v) is 7.61. The van der Waals surface area contributed by atoms with Gasteiger partial charge >= 0.3 is 0 Å². The minimum absolute atomic E-state index is 0.0456. The molecule has 1 aromatic carbocycles. The van der Waals surface area contributed by atoms with E-state index in [1.54, 1.807) is 26.2 Å². The van der Waals surface area contributed by atoms with E-state index < -0.39 is 18.0 Å². The molecule has 0 spiro atoms. The summed E-state index contributed by atoms with van der Waals surface area (Å²) in [6.07, 6.45) is 0.445. The summed E-state index contributed by atoms with van der Waals surface area (Å²) in [6, 6.07) is 6.35. The summed E-state index contributed by atoms with van der Waals surface area (Å²) in [6.45, 7) is 4.93. The highest BCUT2D eigenvalue weighted by molar-refractivity contribution is 7.86. The topological polar surface area (TPSA) is 83.8 Å². The zero-order valence-corrected chi connectivity index (χ0v) is 20.1. The molecule has 1 aliphatic rings. The number of methoxy groups -OCH3 is 1. The molecule has 0 saturated carbocycles. The van der Waals surface area contributed by atoms with Crippen molar-refractivity contribution in [3.63, 3.8) is 0 Å². The Bertz CT molecular complexity index is 1190. The second kappa shape index (κ2) is 9.67. The summed E-state index contributed by atoms with van der Waals surface area (Å²) in [5, 5.41) is 4.03. The molecule has 2 N–H and O–H groups in total. The number of alkyl halides is 1. The van der Waals surface area contributed by atoms with E-state index in [0.717, 1.165) is 35.3 Å². The zero-order valence-electron chi connectivity index (χ0n) is 19.3. The molecule has 2 atom stereocenters. The van der Waals surface area contributed by atoms with Crippen molar-refractivity contribution in [1.29, 1.82) is 4.78 Å². The fourth-order valence-electron chi connectivity index (χ4n) is 4.35. The fraction of sp³-hybridized carbons (Fsp3) is 0.458. The molecule has 0 bridgehead atoms. The van der Waals surface area contributed by atoms with Crippen molar-refractivity contribution < 1.29 is 13.5 Å². The van der Waals surface area contributed by atoms with E-state index in [0.29, 0.717) is 28.7 Å². The van der Waals surface area contributed by atoms with Gasteiger partial charge in [-0.25, -0.2) is 18.7 Å². The molecule has 6 nitrogen and oxygen atoms in total. The first-order chi connectivity index (χ1) is 15.8. The number of hydrogen-bond acceptors (Lipinski definition) is 6. The van der Waals surface area contributed by atoms with Gasteiger partial charge < -0.3 is 10.1 Å². The number of benzene rings is 1. The average Bonchev–Trinajstić information content (AvgIpc) is 2.78. The van der Waals surface area contributed by atoms with E-state index in [4.69, 9.17) is 9.52 Å². The van der Waals surface area contributed by atoms with Crippen LogP contribution in [0.25, 0.3) is 11.0 Å². The van der Waals surface area contributed by atoms with Crippen molar-refractivity contribution in [1.82, 2.24) is 15.0 Å². The molecule has 4 rings (SSSR count). The second-order valence-corrected chi connectivity index (χ2v) is 10.3. The molecule has 1 unspecified atom stereocenters. The van der Waals surface area contributed by atoms with Crippen molar-refractivity contribution in [2.45, 2.75) is 51.7 Å². The molecular formula is C24H29F2N5OS. The predicted octanol–water partition coefficient (Wildman–Crippen LogP) is 5.94. The molecule has 3 heterocycles. The number of fused-ring (bicyclic) bond motifs is 1. The molecule has 1 fully saturated rings. The van der Waals surface area contributed by atoms with E-state index in [1.165, 1.54) is 13.0 Å². The van der Waals surface area contributed by atoms with E-state index in [1.807, 2.05) is 13.0 Å². The number of anilines is 1. The fourth-order valence-corrected chi connectivity index (χ4v) is 5.69. The van der Waals surface area contributed by atoms with Crippen LogP contribution in [-0.2, 0) is 10.7 Å². The molecule has 0 amide bonds. The first-order valence-electron chi connectivity index (χ1n) is 11.1. The molecule has 176 valence electrons. The molecule has 1 saturated heterocycles. The van der Waals surface area contributed by atoms with Gasteiger partial charge in [-0.1, -0.05) is 18.2 Å². The lowest BCUT2D eigenvalue weighted by atomic mass is 9.93. The van der Waals surface area contributed by atoms with Crippen LogP contribution in [0.1, 0.15) is 67.3 Å². The molecule has 0 aliphatic carbocycles. The van der Waals surface area contributed by atoms with Crippen LogP contribution in [-0.4, -0.2) is 33.6 Å². The van der Waals surface area contributed by atoms with E-state index in [2.05, 4.69) is 20.3 Å². The number of pyridine rings is 1. The van der Waals surface area contributed by atoms with E-state index in [-0.39, 0.29) is 22.2 Å². The number of ether oxygens (including phenoxy) is 1. The predicted molar refractivity (Wildman–Crippen MR) is 128 cm³/mol. The zero-order chi connectivity index (χ0) is 23.7. The molecule has 0 radical (unpaired) electrons. The van der Waals surface area contributed by atoms with Gasteiger partial charge in [-0.05, 0) is 45.6 Å². The lowest BCUT2D eigenvalue weighted by molar-refractivity contribution is 0.360. The number of halogens is 2. The quantitative estimate of drug-likeness (QED) is 0.463. The maximum atomic E-state index is 15.0. The maximum Gasteiger partial charge on any atom is 0.218 e. The van der Waals surface area contributed by atoms with Gasteiger partial charge in [0.1, 0.15) is 23.6 Å². The highest BCUT2D eigenvalue weighted by atomic mass is 32.2. The third-order valence-electron chi connectivity index (χ3n) is 6.16. The van der Waals surface area contributed by atoms with Gasteiger partial charge in [0.25, 0.3) is 0 Å². The summed E-state index contributed by atoms with van der Waals surface area (Å²) < 4.78 is 42.4. The van der Waals surface area contributed by atoms with Crippen LogP contribution in [0, 0.1) is 17.5 Å². The van der Waals surface area contributed by atoms with Gasteiger partial charge in [-0.2, -0.15) is 4.98 Å². The monoisotopic (exact) mass is 473 g/mol. The normalized spacial score (nSPS) is 20.4. The Labute approximate surface area is 195 Å². The summed E-state index contributed by atoms with van der Waals surface area (Å²) >= 11 is 0. The number of aryl methyl sites for hydroxylation is 1. The summed E-state index contributed by atoms with van der Waals surface area (Å²) in [7, 11) is 1.33. The van der Waals surface area contributed by atoms with Gasteiger partial charge in [0.05, 0.1) is 18.5 Å². The Balaban J connectivity index is 1.75. The number of rotatable bonds is 6. The Morgan fingerprint density at radius 3 is 2.52 bits per heavy atom. The lowest BCUT2D eigenvalue weighted by Crippen LogP contribution is -2.17. The van der Waals surface area contributed by atoms with Crippen LogP contribution in [0.5, 0.6) is 5.88 Å². The minimum atomic E-state index is -1.39. The van der Waals surface area contributed by atoms with Gasteiger partial charge in [0, 0.05) is 28.2 Å². The van der Waals surface area contributed by atoms with Crippen LogP contribution in [0.4, 0.5) is 14.6 Å². The van der Waals surface area contributed by atoms with Crippen molar-refractivity contribution in [3.8, 4) is 5.88 Å². The highest BCUT2D eigenvalue weighted by Crippen LogP contribution is 2.37. The number of hydrogen-bond donors (Lipinski definition) is 2. The Hall–Kier alpha value is -2.68. The number of nitrogens with one attached hydrogen (secondary N) is 2. The van der Waals surface area contributed by atoms with Crippen LogP contribution < -0.4 is 10.1 Å². The van der Waals surface area contributed by atoms with Crippen molar-refractivity contribution in [2.75, 3.05) is 23.9 Å². The van der Waals surface area contributed by atoms with Gasteiger partial charge in [-0.15, -0.1) is 10.7 Å². The largest absolute Gasteiger partial charge is 0.481 e. The standard InChI is InChI=1S/C24H29F2N5OS/c1-13(25)17-6-5-7-18(21(17)26)14(2)28-22-20-12-19(16-8-10-33(27)11-9-16)24(32-4)31-23(20)30-15(3)29-22/h5-7,12-14,16,27H,8-11H2,1-4H3,(H,28,29,30,31)/t13?,14-,16?,33?/m1/s1. The first-order valence-corrected chi connectivity index (χ1v) is 12.7. The second-order valence-electron chi connectivity index (χ2n) is 8.49. The molecular weight excluding hydrogens is 444 g/mol. The minimum Gasteiger partial charge on any atom is -0.481 e. The van der Waals surface area contributed by atoms with Crippen molar-refractivity contribution in [2.24, 2.45) is 0 Å². The molecule has 2 aromatic heterocycles. The Kier molecular flexibility index (Phi) is 6.88. The molecule has 3 aromatic rings. The van der Waals surface area contributed by atoms with Crippen molar-refractivity contribution in [3.05, 3.63) is 52.6 Å². The average molecular weight is 474 g/mol. The number of aromatic nitrogens is 3. The van der Waals surface area contributed by atoms with Crippen molar-refractivity contribution >= 4 is 27.5 Å². The van der Waals surface area contributed by atoms with Crippen LogP contribution >= 0.6 is 0 Å². The van der Waals surface area contributed by atoms with Gasteiger partial charge in [0.15, 0.2) is 5.65 Å². The van der Waals surface area contributed by atoms with Crippen LogP contribution in [0.3, 0.4) is 0 Å².